The Balaban J connectivity index is 2.33. The molecule has 0 unspecified atom stereocenters. The maximum absolute atomic E-state index is 13.3. The quantitative estimate of drug-likeness (QED) is 0.724. The number of hydrogen-bond acceptors (Lipinski definition) is 2. The van der Waals surface area contributed by atoms with Gasteiger partial charge in [0.25, 0.3) is 0 Å². The van der Waals surface area contributed by atoms with Gasteiger partial charge in [-0.2, -0.15) is 0 Å². The first-order valence-corrected chi connectivity index (χ1v) is 4.64. The molecule has 1 fully saturated rings. The molecule has 82 valence electrons. The number of ether oxygens (including phenoxy) is 1. The molecule has 1 atom stereocenters. The second kappa shape index (κ2) is 4.20. The first kappa shape index (κ1) is 10.4. The Hall–Kier alpha value is -1.07. The van der Waals surface area contributed by atoms with Crippen molar-refractivity contribution >= 4 is 0 Å². The summed E-state index contributed by atoms with van der Waals surface area (Å²) in [6.07, 6.45) is 0. The van der Waals surface area contributed by atoms with Gasteiger partial charge in [0.15, 0.2) is 11.6 Å². The summed E-state index contributed by atoms with van der Waals surface area (Å²) in [5.41, 5.74) is -0.0211. The summed E-state index contributed by atoms with van der Waals surface area (Å²) in [7, 11) is 0. The number of halogens is 3. The highest BCUT2D eigenvalue weighted by atomic mass is 19.2. The third kappa shape index (κ3) is 2.13. The van der Waals surface area contributed by atoms with Crippen LogP contribution in [0.5, 0.6) is 0 Å². The minimum atomic E-state index is -1.17. The zero-order valence-electron chi connectivity index (χ0n) is 7.90. The highest BCUT2D eigenvalue weighted by Crippen LogP contribution is 2.22. The molecule has 15 heavy (non-hydrogen) atoms. The molecule has 1 heterocycles. The molecule has 1 aromatic rings. The number of rotatable bonds is 1. The molecule has 0 bridgehead atoms. The monoisotopic (exact) mass is 217 g/mol. The lowest BCUT2D eigenvalue weighted by molar-refractivity contribution is 0.0754. The van der Waals surface area contributed by atoms with Crippen LogP contribution >= 0.6 is 0 Å². The lowest BCUT2D eigenvalue weighted by Crippen LogP contribution is -2.35. The largest absolute Gasteiger partial charge is 0.378 e. The maximum Gasteiger partial charge on any atom is 0.163 e. The molecule has 2 nitrogen and oxygen atoms in total. The fraction of sp³-hybridized carbons (Fsp3) is 0.400. The fourth-order valence-electron chi connectivity index (χ4n) is 1.59. The van der Waals surface area contributed by atoms with Crippen LogP contribution in [0.1, 0.15) is 11.6 Å². The van der Waals surface area contributed by atoms with Gasteiger partial charge in [0.05, 0.1) is 19.3 Å². The lowest BCUT2D eigenvalue weighted by Gasteiger charge is -2.24. The predicted molar refractivity (Wildman–Crippen MR) is 47.9 cm³/mol. The summed E-state index contributed by atoms with van der Waals surface area (Å²) < 4.78 is 44.2. The van der Waals surface area contributed by atoms with Crippen molar-refractivity contribution in [2.24, 2.45) is 0 Å². The number of benzene rings is 1. The minimum absolute atomic E-state index is 0.0211. The zero-order chi connectivity index (χ0) is 10.8. The normalized spacial score (nSPS) is 21.7. The average Bonchev–Trinajstić information content (AvgIpc) is 2.24. The average molecular weight is 217 g/mol. The van der Waals surface area contributed by atoms with Gasteiger partial charge in [-0.1, -0.05) is 0 Å². The van der Waals surface area contributed by atoms with Crippen molar-refractivity contribution in [2.75, 3.05) is 19.8 Å². The fourth-order valence-corrected chi connectivity index (χ4v) is 1.59. The van der Waals surface area contributed by atoms with Crippen LogP contribution < -0.4 is 5.32 Å². The minimum Gasteiger partial charge on any atom is -0.378 e. The summed E-state index contributed by atoms with van der Waals surface area (Å²) in [6.45, 7) is 1.29. The van der Waals surface area contributed by atoms with E-state index in [2.05, 4.69) is 5.32 Å². The Morgan fingerprint density at radius 3 is 2.73 bits per heavy atom. The van der Waals surface area contributed by atoms with Gasteiger partial charge in [0, 0.05) is 18.2 Å². The van der Waals surface area contributed by atoms with Gasteiger partial charge in [-0.25, -0.2) is 13.2 Å². The van der Waals surface area contributed by atoms with Crippen LogP contribution in [-0.4, -0.2) is 19.8 Å². The topological polar surface area (TPSA) is 21.3 Å². The predicted octanol–water partition coefficient (Wildman–Crippen LogP) is 1.76. The molecule has 1 aromatic carbocycles. The van der Waals surface area contributed by atoms with Gasteiger partial charge in [0.2, 0.25) is 0 Å². The Labute approximate surface area is 85.0 Å². The van der Waals surface area contributed by atoms with Crippen LogP contribution in [0.15, 0.2) is 12.1 Å². The van der Waals surface area contributed by atoms with E-state index in [4.69, 9.17) is 4.74 Å². The molecule has 1 saturated heterocycles. The second-order valence-corrected chi connectivity index (χ2v) is 3.37. The standard InChI is InChI=1S/C10H10F3NO/c11-6-3-7(10(13)8(12)4-6)9-5-15-2-1-14-9/h3-4,9,14H,1-2,5H2/t9-/m0/s1. The van der Waals surface area contributed by atoms with Gasteiger partial charge in [-0.05, 0) is 6.07 Å². The Kier molecular flexibility index (Phi) is 2.93. The second-order valence-electron chi connectivity index (χ2n) is 3.37. The Morgan fingerprint density at radius 2 is 2.07 bits per heavy atom. The Bertz CT molecular complexity index is 364. The summed E-state index contributed by atoms with van der Waals surface area (Å²) in [4.78, 5) is 0. The van der Waals surface area contributed by atoms with Crippen molar-refractivity contribution in [3.63, 3.8) is 0 Å². The molecule has 1 aliphatic rings. The van der Waals surface area contributed by atoms with Crippen LogP contribution in [0.3, 0.4) is 0 Å². The highest BCUT2D eigenvalue weighted by Gasteiger charge is 2.21. The summed E-state index contributed by atoms with van der Waals surface area (Å²) in [5, 5.41) is 2.93. The van der Waals surface area contributed by atoms with Crippen LogP contribution in [0, 0.1) is 17.5 Å². The van der Waals surface area contributed by atoms with Gasteiger partial charge in [-0.3, -0.25) is 0 Å². The van der Waals surface area contributed by atoms with Gasteiger partial charge in [-0.15, -0.1) is 0 Å². The molecule has 0 radical (unpaired) electrons. The van der Waals surface area contributed by atoms with E-state index in [1.807, 2.05) is 0 Å². The van der Waals surface area contributed by atoms with Crippen LogP contribution in [0.4, 0.5) is 13.2 Å². The first-order valence-electron chi connectivity index (χ1n) is 4.64. The van der Waals surface area contributed by atoms with Crippen molar-refractivity contribution in [3.05, 3.63) is 35.1 Å². The molecule has 0 saturated carbocycles. The van der Waals surface area contributed by atoms with E-state index in [9.17, 15) is 13.2 Å². The highest BCUT2D eigenvalue weighted by molar-refractivity contribution is 5.24. The summed E-state index contributed by atoms with van der Waals surface area (Å²) in [5.74, 6) is -2.96. The van der Waals surface area contributed by atoms with Crippen molar-refractivity contribution < 1.29 is 17.9 Å². The molecule has 0 spiro atoms. The van der Waals surface area contributed by atoms with Crippen molar-refractivity contribution in [3.8, 4) is 0 Å². The van der Waals surface area contributed by atoms with Crippen LogP contribution in [-0.2, 0) is 4.74 Å². The van der Waals surface area contributed by atoms with Crippen LogP contribution in [0.2, 0.25) is 0 Å². The van der Waals surface area contributed by atoms with Crippen molar-refractivity contribution in [2.45, 2.75) is 6.04 Å². The molecule has 1 aliphatic heterocycles. The van der Waals surface area contributed by atoms with E-state index in [-0.39, 0.29) is 12.2 Å². The number of hydrogen-bond donors (Lipinski definition) is 1. The number of nitrogens with one attached hydrogen (secondary N) is 1. The summed E-state index contributed by atoms with van der Waals surface area (Å²) >= 11 is 0. The lowest BCUT2D eigenvalue weighted by atomic mass is 10.1. The molecular weight excluding hydrogens is 207 g/mol. The van der Waals surface area contributed by atoms with Crippen LogP contribution in [0.25, 0.3) is 0 Å². The smallest absolute Gasteiger partial charge is 0.163 e. The van der Waals surface area contributed by atoms with E-state index >= 15 is 0 Å². The summed E-state index contributed by atoms with van der Waals surface area (Å²) in [6, 6.07) is 1.04. The molecule has 0 aromatic heterocycles. The van der Waals surface area contributed by atoms with Crippen molar-refractivity contribution in [1.82, 2.24) is 5.32 Å². The van der Waals surface area contributed by atoms with E-state index in [0.29, 0.717) is 19.2 Å². The van der Waals surface area contributed by atoms with Gasteiger partial charge in [0.1, 0.15) is 5.82 Å². The third-order valence-electron chi connectivity index (χ3n) is 2.32. The molecule has 1 N–H and O–H groups in total. The maximum atomic E-state index is 13.3. The number of morpholine rings is 1. The van der Waals surface area contributed by atoms with Gasteiger partial charge >= 0.3 is 0 Å². The first-order chi connectivity index (χ1) is 7.18. The Morgan fingerprint density at radius 1 is 1.27 bits per heavy atom. The van der Waals surface area contributed by atoms with E-state index in [0.717, 1.165) is 6.07 Å². The third-order valence-corrected chi connectivity index (χ3v) is 2.32. The molecule has 2 rings (SSSR count). The molecule has 0 amide bonds. The SMILES string of the molecule is Fc1cc(F)c(F)c([C@@H]2COCCN2)c1. The van der Waals surface area contributed by atoms with E-state index in [1.54, 1.807) is 0 Å². The van der Waals surface area contributed by atoms with E-state index < -0.39 is 23.5 Å². The zero-order valence-corrected chi connectivity index (χ0v) is 7.90. The molecular formula is C10H10F3NO. The van der Waals surface area contributed by atoms with Crippen molar-refractivity contribution in [1.29, 1.82) is 0 Å². The molecule has 5 heteroatoms. The molecule has 0 aliphatic carbocycles. The van der Waals surface area contributed by atoms with Gasteiger partial charge < -0.3 is 10.1 Å². The van der Waals surface area contributed by atoms with E-state index in [1.165, 1.54) is 0 Å².